The lowest BCUT2D eigenvalue weighted by molar-refractivity contribution is 0.0943. The van der Waals surface area contributed by atoms with Gasteiger partial charge in [0, 0.05) is 28.3 Å². The quantitative estimate of drug-likeness (QED) is 0.838. The van der Waals surface area contributed by atoms with Gasteiger partial charge in [0.25, 0.3) is 5.91 Å². The lowest BCUT2D eigenvalue weighted by atomic mass is 10.1. The van der Waals surface area contributed by atoms with Crippen molar-refractivity contribution in [1.82, 2.24) is 10.2 Å². The summed E-state index contributed by atoms with van der Waals surface area (Å²) in [4.78, 5) is 14.3. The van der Waals surface area contributed by atoms with Gasteiger partial charge >= 0.3 is 0 Å². The molecule has 1 amide bonds. The largest absolute Gasteiger partial charge is 0.399 e. The molecule has 1 saturated heterocycles. The van der Waals surface area contributed by atoms with E-state index < -0.39 is 0 Å². The molecule has 1 aromatic carbocycles. The Bertz CT molecular complexity index is 430. The van der Waals surface area contributed by atoms with Crippen LogP contribution in [0.4, 0.5) is 5.69 Å². The first-order valence-corrected chi connectivity index (χ1v) is 6.90. The average Bonchev–Trinajstić information content (AvgIpc) is 2.70. The second kappa shape index (κ2) is 5.71. The number of rotatable bonds is 3. The fourth-order valence-corrected chi connectivity index (χ4v) is 2.80. The third-order valence-electron chi connectivity index (χ3n) is 3.35. The molecule has 98 valence electrons. The molecular weight excluding hydrogens is 294 g/mol. The van der Waals surface area contributed by atoms with E-state index in [0.29, 0.717) is 23.8 Å². The summed E-state index contributed by atoms with van der Waals surface area (Å²) in [6.45, 7) is 1.81. The minimum Gasteiger partial charge on any atom is -0.399 e. The van der Waals surface area contributed by atoms with Crippen molar-refractivity contribution in [2.45, 2.75) is 18.9 Å². The van der Waals surface area contributed by atoms with Crippen LogP contribution in [0, 0.1) is 0 Å². The van der Waals surface area contributed by atoms with Gasteiger partial charge in [0.15, 0.2) is 0 Å². The number of halogens is 1. The maximum Gasteiger partial charge on any atom is 0.251 e. The summed E-state index contributed by atoms with van der Waals surface area (Å²) in [7, 11) is 2.10. The number of nitrogens with two attached hydrogens (primary N) is 1. The highest BCUT2D eigenvalue weighted by atomic mass is 79.9. The van der Waals surface area contributed by atoms with Gasteiger partial charge in [-0.15, -0.1) is 0 Å². The number of likely N-dealkylation sites (tertiary alicyclic amines) is 1. The second-order valence-electron chi connectivity index (χ2n) is 4.76. The Morgan fingerprint density at radius 2 is 2.33 bits per heavy atom. The lowest BCUT2D eigenvalue weighted by Crippen LogP contribution is -2.38. The van der Waals surface area contributed by atoms with E-state index in [1.165, 1.54) is 6.42 Å². The zero-order valence-electron chi connectivity index (χ0n) is 10.4. The normalized spacial score (nSPS) is 20.0. The predicted octanol–water partition coefficient (Wildman–Crippen LogP) is 1.86. The van der Waals surface area contributed by atoms with Gasteiger partial charge in [-0.3, -0.25) is 4.79 Å². The number of amides is 1. The Morgan fingerprint density at radius 3 is 2.94 bits per heavy atom. The number of carbonyl (C=O) groups excluding carboxylic acids is 1. The molecule has 0 spiro atoms. The fraction of sp³-hybridized carbons (Fsp3) is 0.462. The monoisotopic (exact) mass is 311 g/mol. The highest BCUT2D eigenvalue weighted by Crippen LogP contribution is 2.18. The van der Waals surface area contributed by atoms with E-state index in [4.69, 9.17) is 5.73 Å². The van der Waals surface area contributed by atoms with Crippen LogP contribution < -0.4 is 11.1 Å². The smallest absolute Gasteiger partial charge is 0.251 e. The van der Waals surface area contributed by atoms with Gasteiger partial charge < -0.3 is 16.0 Å². The Morgan fingerprint density at radius 1 is 1.56 bits per heavy atom. The van der Waals surface area contributed by atoms with E-state index >= 15 is 0 Å². The number of benzene rings is 1. The lowest BCUT2D eigenvalue weighted by Gasteiger charge is -2.19. The summed E-state index contributed by atoms with van der Waals surface area (Å²) in [6, 6.07) is 5.71. The van der Waals surface area contributed by atoms with Crippen molar-refractivity contribution in [2.24, 2.45) is 0 Å². The molecule has 18 heavy (non-hydrogen) atoms. The van der Waals surface area contributed by atoms with Crippen molar-refractivity contribution in [3.05, 3.63) is 28.2 Å². The number of hydrogen-bond acceptors (Lipinski definition) is 3. The van der Waals surface area contributed by atoms with Crippen LogP contribution in [0.3, 0.4) is 0 Å². The number of anilines is 1. The first-order valence-electron chi connectivity index (χ1n) is 6.11. The molecule has 1 aromatic rings. The minimum atomic E-state index is -0.0664. The van der Waals surface area contributed by atoms with Gasteiger partial charge in [-0.1, -0.05) is 15.9 Å². The van der Waals surface area contributed by atoms with Crippen LogP contribution in [0.5, 0.6) is 0 Å². The third kappa shape index (κ3) is 3.23. The van der Waals surface area contributed by atoms with Gasteiger partial charge in [0.05, 0.1) is 0 Å². The number of nitrogen functional groups attached to an aromatic ring is 1. The molecule has 0 radical (unpaired) electrons. The molecule has 1 aliphatic rings. The Balaban J connectivity index is 1.95. The molecule has 2 rings (SSSR count). The molecule has 3 N–H and O–H groups in total. The summed E-state index contributed by atoms with van der Waals surface area (Å²) in [5.41, 5.74) is 6.91. The van der Waals surface area contributed by atoms with Gasteiger partial charge in [0.1, 0.15) is 0 Å². The van der Waals surface area contributed by atoms with Crippen LogP contribution in [-0.2, 0) is 0 Å². The van der Waals surface area contributed by atoms with Gasteiger partial charge in [-0.2, -0.15) is 0 Å². The number of carbonyl (C=O) groups is 1. The van der Waals surface area contributed by atoms with Crippen molar-refractivity contribution in [3.8, 4) is 0 Å². The van der Waals surface area contributed by atoms with E-state index in [-0.39, 0.29) is 5.91 Å². The Kier molecular flexibility index (Phi) is 4.24. The van der Waals surface area contributed by atoms with Gasteiger partial charge in [-0.25, -0.2) is 0 Å². The van der Waals surface area contributed by atoms with Crippen LogP contribution in [0.1, 0.15) is 23.2 Å². The predicted molar refractivity (Wildman–Crippen MR) is 76.5 cm³/mol. The van der Waals surface area contributed by atoms with Crippen molar-refractivity contribution >= 4 is 27.5 Å². The molecular formula is C13H18BrN3O. The molecule has 0 aromatic heterocycles. The molecule has 1 fully saturated rings. The van der Waals surface area contributed by atoms with Crippen LogP contribution in [-0.4, -0.2) is 37.0 Å². The highest BCUT2D eigenvalue weighted by molar-refractivity contribution is 9.10. The Hall–Kier alpha value is -1.07. The van der Waals surface area contributed by atoms with E-state index in [1.807, 2.05) is 0 Å². The molecule has 0 aliphatic carbocycles. The first-order chi connectivity index (χ1) is 8.56. The first kappa shape index (κ1) is 13.4. The third-order valence-corrected chi connectivity index (χ3v) is 3.81. The molecule has 0 bridgehead atoms. The maximum atomic E-state index is 12.0. The van der Waals surface area contributed by atoms with Crippen molar-refractivity contribution in [2.75, 3.05) is 25.9 Å². The van der Waals surface area contributed by atoms with Crippen molar-refractivity contribution < 1.29 is 4.79 Å². The van der Waals surface area contributed by atoms with Crippen molar-refractivity contribution in [3.63, 3.8) is 0 Å². The molecule has 1 heterocycles. The highest BCUT2D eigenvalue weighted by Gasteiger charge is 2.21. The van der Waals surface area contributed by atoms with Crippen molar-refractivity contribution in [1.29, 1.82) is 0 Å². The summed E-state index contributed by atoms with van der Waals surface area (Å²) < 4.78 is 0.825. The molecule has 1 atom stereocenters. The van der Waals surface area contributed by atoms with Crippen LogP contribution >= 0.6 is 15.9 Å². The van der Waals surface area contributed by atoms with E-state index in [2.05, 4.69) is 33.2 Å². The molecule has 1 aliphatic heterocycles. The van der Waals surface area contributed by atoms with Crippen LogP contribution in [0.15, 0.2) is 22.7 Å². The summed E-state index contributed by atoms with van der Waals surface area (Å²) in [5, 5.41) is 2.97. The topological polar surface area (TPSA) is 58.4 Å². The fourth-order valence-electron chi connectivity index (χ4n) is 2.29. The molecule has 1 unspecified atom stereocenters. The number of likely N-dealkylation sites (N-methyl/N-ethyl adjacent to an activating group) is 1. The molecule has 5 heteroatoms. The maximum absolute atomic E-state index is 12.0. The standard InChI is InChI=1S/C13H18BrN3O/c1-17-4-2-3-12(17)8-16-13(18)9-5-10(14)7-11(15)6-9/h5-7,12H,2-4,8,15H2,1H3,(H,16,18). The SMILES string of the molecule is CN1CCCC1CNC(=O)c1cc(N)cc(Br)c1. The summed E-state index contributed by atoms with van der Waals surface area (Å²) in [6.07, 6.45) is 2.36. The van der Waals surface area contributed by atoms with Crippen LogP contribution in [0.25, 0.3) is 0 Å². The van der Waals surface area contributed by atoms with Gasteiger partial charge in [0.2, 0.25) is 0 Å². The van der Waals surface area contributed by atoms with E-state index in [0.717, 1.165) is 17.4 Å². The summed E-state index contributed by atoms with van der Waals surface area (Å²) in [5.74, 6) is -0.0664. The molecule has 4 nitrogen and oxygen atoms in total. The van der Waals surface area contributed by atoms with Gasteiger partial charge in [-0.05, 0) is 44.6 Å². The zero-order valence-corrected chi connectivity index (χ0v) is 12.0. The Labute approximate surface area is 116 Å². The second-order valence-corrected chi connectivity index (χ2v) is 5.68. The minimum absolute atomic E-state index is 0.0664. The zero-order chi connectivity index (χ0) is 13.1. The van der Waals surface area contributed by atoms with E-state index in [1.54, 1.807) is 18.2 Å². The average molecular weight is 312 g/mol. The number of hydrogen-bond donors (Lipinski definition) is 2. The summed E-state index contributed by atoms with van der Waals surface area (Å²) >= 11 is 3.34. The number of nitrogens with zero attached hydrogens (tertiary/aromatic N) is 1. The van der Waals surface area contributed by atoms with Crippen LogP contribution in [0.2, 0.25) is 0 Å². The number of nitrogens with one attached hydrogen (secondary N) is 1. The van der Waals surface area contributed by atoms with E-state index in [9.17, 15) is 4.79 Å². The molecule has 0 saturated carbocycles.